The van der Waals surface area contributed by atoms with Crippen LogP contribution in [-0.4, -0.2) is 37.9 Å². The van der Waals surface area contributed by atoms with Gasteiger partial charge in [0, 0.05) is 49.9 Å². The van der Waals surface area contributed by atoms with Crippen molar-refractivity contribution in [3.8, 4) is 0 Å². The average molecular weight is 436 g/mol. The zero-order valence-electron chi connectivity index (χ0n) is 20.1. The molecule has 4 heteroatoms. The number of Topliss-reactive ketones (excluding diaryl/α,β-unsaturated/α-hetero) is 1. The number of hydrogen-bond donors (Lipinski definition) is 0. The number of anilines is 1. The summed E-state index contributed by atoms with van der Waals surface area (Å²) in [5.74, 6) is 0.705. The van der Waals surface area contributed by atoms with Crippen LogP contribution in [-0.2, 0) is 9.53 Å². The van der Waals surface area contributed by atoms with Gasteiger partial charge in [-0.15, -0.1) is 0 Å². The van der Waals surface area contributed by atoms with Crippen LogP contribution in [0, 0.1) is 12.8 Å². The van der Waals surface area contributed by atoms with Gasteiger partial charge in [0.05, 0.1) is 0 Å². The summed E-state index contributed by atoms with van der Waals surface area (Å²) in [7, 11) is 2.17. The van der Waals surface area contributed by atoms with E-state index in [2.05, 4.69) is 37.1 Å². The Kier molecular flexibility index (Phi) is 6.99. The topological polar surface area (TPSA) is 46.6 Å². The SMILES string of the molecule is CC1=CC(=O)C(CCC(=O)c2cc(C3CCC3)cc(N(C)C3CCOCC3)c2C)C(C)=C1. The van der Waals surface area contributed by atoms with Gasteiger partial charge in [-0.1, -0.05) is 18.1 Å². The molecular formula is C28H37NO3. The first-order valence-corrected chi connectivity index (χ1v) is 12.2. The van der Waals surface area contributed by atoms with E-state index in [1.165, 1.54) is 30.5 Å². The Bertz CT molecular complexity index is 948. The van der Waals surface area contributed by atoms with E-state index in [1.54, 1.807) is 6.08 Å². The maximum atomic E-state index is 13.4. The number of ether oxygens (including phenoxy) is 1. The highest BCUT2D eigenvalue weighted by molar-refractivity contribution is 6.00. The summed E-state index contributed by atoms with van der Waals surface area (Å²) in [6.07, 6.45) is 10.5. The minimum Gasteiger partial charge on any atom is -0.381 e. The van der Waals surface area contributed by atoms with Crippen LogP contribution in [0.2, 0.25) is 0 Å². The quantitative estimate of drug-likeness (QED) is 0.498. The van der Waals surface area contributed by atoms with E-state index in [-0.39, 0.29) is 17.5 Å². The largest absolute Gasteiger partial charge is 0.381 e. The average Bonchev–Trinajstić information content (AvgIpc) is 2.72. The summed E-state index contributed by atoms with van der Waals surface area (Å²) in [5, 5.41) is 0. The Morgan fingerprint density at radius 2 is 1.78 bits per heavy atom. The van der Waals surface area contributed by atoms with Crippen molar-refractivity contribution in [2.45, 2.75) is 77.7 Å². The van der Waals surface area contributed by atoms with Crippen LogP contribution in [0.3, 0.4) is 0 Å². The lowest BCUT2D eigenvalue weighted by Crippen LogP contribution is -2.37. The summed E-state index contributed by atoms with van der Waals surface area (Å²) in [5.41, 5.74) is 6.49. The summed E-state index contributed by atoms with van der Waals surface area (Å²) in [6, 6.07) is 4.93. The molecule has 0 amide bonds. The molecule has 4 rings (SSSR count). The monoisotopic (exact) mass is 435 g/mol. The van der Waals surface area contributed by atoms with Crippen molar-refractivity contribution in [1.29, 1.82) is 0 Å². The summed E-state index contributed by atoms with van der Waals surface area (Å²) in [6.45, 7) is 7.66. The van der Waals surface area contributed by atoms with Crippen LogP contribution < -0.4 is 4.90 Å². The number of carbonyl (C=O) groups excluding carboxylic acids is 2. The fraction of sp³-hybridized carbons (Fsp3) is 0.571. The van der Waals surface area contributed by atoms with Gasteiger partial charge >= 0.3 is 0 Å². The molecule has 2 aliphatic carbocycles. The molecule has 0 aromatic heterocycles. The number of carbonyl (C=O) groups is 2. The Balaban J connectivity index is 1.57. The lowest BCUT2D eigenvalue weighted by Gasteiger charge is -2.36. The molecule has 1 heterocycles. The Morgan fingerprint density at radius 1 is 1.06 bits per heavy atom. The van der Waals surface area contributed by atoms with Crippen molar-refractivity contribution in [1.82, 2.24) is 0 Å². The minimum absolute atomic E-state index is 0.134. The summed E-state index contributed by atoms with van der Waals surface area (Å²) >= 11 is 0. The molecule has 0 bridgehead atoms. The zero-order valence-corrected chi connectivity index (χ0v) is 20.1. The molecule has 0 radical (unpaired) electrons. The van der Waals surface area contributed by atoms with Crippen LogP contribution in [0.1, 0.15) is 86.2 Å². The van der Waals surface area contributed by atoms with Gasteiger partial charge in [0.25, 0.3) is 0 Å². The number of nitrogens with zero attached hydrogens (tertiary/aromatic N) is 1. The maximum absolute atomic E-state index is 13.4. The number of rotatable bonds is 7. The fourth-order valence-corrected chi connectivity index (χ4v) is 5.45. The van der Waals surface area contributed by atoms with Crippen molar-refractivity contribution < 1.29 is 14.3 Å². The molecule has 0 spiro atoms. The molecule has 1 saturated heterocycles. The number of allylic oxidation sites excluding steroid dienone is 4. The van der Waals surface area contributed by atoms with Crippen molar-refractivity contribution in [3.05, 3.63) is 52.1 Å². The Hall–Kier alpha value is -2.20. The second-order valence-electron chi connectivity index (χ2n) is 9.99. The van der Waals surface area contributed by atoms with E-state index in [9.17, 15) is 9.59 Å². The first-order valence-electron chi connectivity index (χ1n) is 12.2. The van der Waals surface area contributed by atoms with E-state index in [4.69, 9.17) is 4.74 Å². The van der Waals surface area contributed by atoms with Gasteiger partial charge < -0.3 is 9.64 Å². The summed E-state index contributed by atoms with van der Waals surface area (Å²) in [4.78, 5) is 28.3. The molecular weight excluding hydrogens is 398 g/mol. The third-order valence-corrected chi connectivity index (χ3v) is 7.78. The second kappa shape index (κ2) is 9.74. The van der Waals surface area contributed by atoms with Gasteiger partial charge in [0.15, 0.2) is 11.6 Å². The molecule has 0 N–H and O–H groups in total. The lowest BCUT2D eigenvalue weighted by atomic mass is 9.78. The van der Waals surface area contributed by atoms with Gasteiger partial charge in [-0.25, -0.2) is 0 Å². The van der Waals surface area contributed by atoms with Gasteiger partial charge in [-0.05, 0) is 93.7 Å². The van der Waals surface area contributed by atoms with Gasteiger partial charge in [0.1, 0.15) is 0 Å². The third kappa shape index (κ3) is 4.76. The number of ketones is 2. The molecule has 1 aromatic rings. The van der Waals surface area contributed by atoms with Gasteiger partial charge in [-0.2, -0.15) is 0 Å². The molecule has 172 valence electrons. The number of hydrogen-bond acceptors (Lipinski definition) is 4. The first-order chi connectivity index (χ1) is 15.3. The molecule has 1 unspecified atom stereocenters. The predicted molar refractivity (Wildman–Crippen MR) is 130 cm³/mol. The van der Waals surface area contributed by atoms with Crippen molar-refractivity contribution >= 4 is 17.3 Å². The molecule has 32 heavy (non-hydrogen) atoms. The van der Waals surface area contributed by atoms with Gasteiger partial charge in [0.2, 0.25) is 0 Å². The van der Waals surface area contributed by atoms with Gasteiger partial charge in [-0.3, -0.25) is 9.59 Å². The zero-order chi connectivity index (χ0) is 22.8. The molecule has 2 fully saturated rings. The summed E-state index contributed by atoms with van der Waals surface area (Å²) < 4.78 is 5.56. The second-order valence-corrected chi connectivity index (χ2v) is 9.99. The van der Waals surface area contributed by atoms with Crippen molar-refractivity contribution in [3.63, 3.8) is 0 Å². The third-order valence-electron chi connectivity index (χ3n) is 7.78. The van der Waals surface area contributed by atoms with E-state index in [0.717, 1.165) is 48.3 Å². The molecule has 1 saturated carbocycles. The highest BCUT2D eigenvalue weighted by Gasteiger charge is 2.28. The smallest absolute Gasteiger partial charge is 0.163 e. The van der Waals surface area contributed by atoms with Crippen LogP contribution in [0.4, 0.5) is 5.69 Å². The minimum atomic E-state index is -0.165. The molecule has 1 atom stereocenters. The fourth-order valence-electron chi connectivity index (χ4n) is 5.45. The predicted octanol–water partition coefficient (Wildman–Crippen LogP) is 5.93. The van der Waals surface area contributed by atoms with Crippen LogP contribution >= 0.6 is 0 Å². The molecule has 3 aliphatic rings. The Morgan fingerprint density at radius 3 is 2.41 bits per heavy atom. The first kappa shape index (κ1) is 23.0. The van der Waals surface area contributed by atoms with E-state index in [1.807, 2.05) is 13.8 Å². The molecule has 1 aliphatic heterocycles. The molecule has 1 aromatic carbocycles. The van der Waals surface area contributed by atoms with Crippen molar-refractivity contribution in [2.24, 2.45) is 5.92 Å². The van der Waals surface area contributed by atoms with E-state index >= 15 is 0 Å². The molecule has 4 nitrogen and oxygen atoms in total. The van der Waals surface area contributed by atoms with E-state index in [0.29, 0.717) is 24.8 Å². The maximum Gasteiger partial charge on any atom is 0.163 e. The van der Waals surface area contributed by atoms with Crippen LogP contribution in [0.25, 0.3) is 0 Å². The number of benzene rings is 1. The highest BCUT2D eigenvalue weighted by atomic mass is 16.5. The lowest BCUT2D eigenvalue weighted by molar-refractivity contribution is -0.117. The normalized spacial score (nSPS) is 22.2. The van der Waals surface area contributed by atoms with Crippen molar-refractivity contribution in [2.75, 3.05) is 25.2 Å². The highest BCUT2D eigenvalue weighted by Crippen LogP contribution is 2.40. The standard InChI is InChI=1S/C28H37NO3/c1-18-14-19(2)24(28(31)15-18)8-9-27(30)25-16-22(21-6-5-7-21)17-26(20(25)3)29(4)23-10-12-32-13-11-23/h14-17,21,23-24H,5-13H2,1-4H3. The Labute approximate surface area is 192 Å². The van der Waals surface area contributed by atoms with E-state index < -0.39 is 0 Å². The van der Waals surface area contributed by atoms with Crippen LogP contribution in [0.5, 0.6) is 0 Å². The van der Waals surface area contributed by atoms with Crippen LogP contribution in [0.15, 0.2) is 35.4 Å².